The van der Waals surface area contributed by atoms with Gasteiger partial charge in [-0.25, -0.2) is 9.59 Å². The van der Waals surface area contributed by atoms with Crippen LogP contribution in [-0.2, 0) is 14.2 Å². The number of nitrogens with one attached hydrogen (secondary N) is 1. The number of carbonyl (C=O) groups excluding carboxylic acids is 2. The minimum atomic E-state index is -1.35. The van der Waals surface area contributed by atoms with Gasteiger partial charge in [-0.05, 0) is 12.1 Å². The molecule has 3 rings (SSSR count). The molecule has 1 amide bonds. The molecule has 0 bridgehead atoms. The van der Waals surface area contributed by atoms with Crippen LogP contribution in [0.5, 0.6) is 0 Å². The van der Waals surface area contributed by atoms with Crippen molar-refractivity contribution in [3.8, 4) is 0 Å². The molecule has 8 heteroatoms. The monoisotopic (exact) mass is 309 g/mol. The summed E-state index contributed by atoms with van der Waals surface area (Å²) < 4.78 is 15.1. The van der Waals surface area contributed by atoms with Crippen LogP contribution >= 0.6 is 0 Å². The van der Waals surface area contributed by atoms with Gasteiger partial charge in [0.1, 0.15) is 24.9 Å². The Morgan fingerprint density at radius 3 is 2.73 bits per heavy atom. The maximum absolute atomic E-state index is 11.8. The van der Waals surface area contributed by atoms with E-state index < -0.39 is 42.7 Å². The number of rotatable bonds is 3. The maximum atomic E-state index is 11.8. The second-order valence-corrected chi connectivity index (χ2v) is 5.06. The number of ether oxygens (including phenoxy) is 3. The average Bonchev–Trinajstić information content (AvgIpc) is 2.92. The summed E-state index contributed by atoms with van der Waals surface area (Å²) in [5.41, 5.74) is 0.361. The molecular formula is C14H15NO7. The molecule has 8 nitrogen and oxygen atoms in total. The zero-order valence-corrected chi connectivity index (χ0v) is 11.4. The fraction of sp³-hybridized carbons (Fsp3) is 0.429. The molecule has 0 aromatic heterocycles. The standard InChI is InChI=1S/C14H15NO7/c16-10-8(6-20-12(17)7-4-2-1-3-5-7)21-13(18)9-11(10)22-14(19)15-9/h1-5,8-11,13,16,18H,6H2,(H,15,19)/t8?,9-,10+,11?,13+/m0/s1. The second kappa shape index (κ2) is 5.91. The van der Waals surface area contributed by atoms with E-state index in [2.05, 4.69) is 5.32 Å². The summed E-state index contributed by atoms with van der Waals surface area (Å²) in [5.74, 6) is -0.574. The Labute approximate surface area is 125 Å². The lowest BCUT2D eigenvalue weighted by Crippen LogP contribution is -2.59. The normalized spacial score (nSPS) is 33.5. The molecule has 2 unspecified atom stereocenters. The Morgan fingerprint density at radius 2 is 2.00 bits per heavy atom. The second-order valence-electron chi connectivity index (χ2n) is 5.06. The number of benzene rings is 1. The SMILES string of the molecule is O=C1N[C@H]2C(O1)[C@H](O)C(COC(=O)c1ccccc1)O[C@H]2O. The van der Waals surface area contributed by atoms with Crippen molar-refractivity contribution in [3.63, 3.8) is 0 Å². The van der Waals surface area contributed by atoms with Crippen LogP contribution in [0, 0.1) is 0 Å². The highest BCUT2D eigenvalue weighted by molar-refractivity contribution is 5.89. The van der Waals surface area contributed by atoms with Crippen molar-refractivity contribution in [1.29, 1.82) is 0 Å². The van der Waals surface area contributed by atoms with Crippen molar-refractivity contribution < 1.29 is 34.0 Å². The van der Waals surface area contributed by atoms with E-state index in [1.54, 1.807) is 30.3 Å². The van der Waals surface area contributed by atoms with Crippen molar-refractivity contribution >= 4 is 12.1 Å². The molecule has 5 atom stereocenters. The van der Waals surface area contributed by atoms with Gasteiger partial charge in [0, 0.05) is 0 Å². The summed E-state index contributed by atoms with van der Waals surface area (Å²) >= 11 is 0. The number of alkyl carbamates (subject to hydrolysis) is 1. The third-order valence-corrected chi connectivity index (χ3v) is 3.61. The summed E-state index contributed by atoms with van der Waals surface area (Å²) in [6.07, 6.45) is -5.23. The first kappa shape index (κ1) is 14.8. The summed E-state index contributed by atoms with van der Waals surface area (Å²) in [4.78, 5) is 23.0. The highest BCUT2D eigenvalue weighted by Crippen LogP contribution is 2.26. The van der Waals surface area contributed by atoms with Crippen LogP contribution in [0.15, 0.2) is 30.3 Å². The van der Waals surface area contributed by atoms with Crippen LogP contribution in [0.4, 0.5) is 4.79 Å². The van der Waals surface area contributed by atoms with E-state index >= 15 is 0 Å². The summed E-state index contributed by atoms with van der Waals surface area (Å²) in [5, 5.41) is 22.3. The number of hydrogen-bond acceptors (Lipinski definition) is 7. The third-order valence-electron chi connectivity index (χ3n) is 3.61. The molecule has 0 aliphatic carbocycles. The Hall–Kier alpha value is -2.16. The van der Waals surface area contributed by atoms with Gasteiger partial charge in [-0.1, -0.05) is 18.2 Å². The van der Waals surface area contributed by atoms with E-state index in [4.69, 9.17) is 14.2 Å². The lowest BCUT2D eigenvalue weighted by molar-refractivity contribution is -0.240. The average molecular weight is 309 g/mol. The van der Waals surface area contributed by atoms with Crippen molar-refractivity contribution in [3.05, 3.63) is 35.9 Å². The van der Waals surface area contributed by atoms with Crippen molar-refractivity contribution in [1.82, 2.24) is 5.32 Å². The predicted molar refractivity (Wildman–Crippen MR) is 70.8 cm³/mol. The van der Waals surface area contributed by atoms with E-state index in [0.717, 1.165) is 0 Å². The maximum Gasteiger partial charge on any atom is 0.408 e. The molecule has 0 saturated carbocycles. The van der Waals surface area contributed by atoms with Gasteiger partial charge in [0.15, 0.2) is 12.4 Å². The molecule has 1 aromatic rings. The zero-order chi connectivity index (χ0) is 15.7. The largest absolute Gasteiger partial charge is 0.459 e. The Bertz CT molecular complexity index is 564. The lowest BCUT2D eigenvalue weighted by Gasteiger charge is -2.37. The van der Waals surface area contributed by atoms with Gasteiger partial charge >= 0.3 is 12.1 Å². The Kier molecular flexibility index (Phi) is 3.97. The van der Waals surface area contributed by atoms with Gasteiger partial charge < -0.3 is 29.7 Å². The van der Waals surface area contributed by atoms with Gasteiger partial charge in [0.2, 0.25) is 0 Å². The van der Waals surface area contributed by atoms with Gasteiger partial charge in [-0.3, -0.25) is 0 Å². The molecule has 2 heterocycles. The topological polar surface area (TPSA) is 114 Å². The molecule has 2 aliphatic heterocycles. The predicted octanol–water partition coefficient (Wildman–Crippen LogP) is -0.602. The number of fused-ring (bicyclic) bond motifs is 1. The molecule has 2 fully saturated rings. The minimum Gasteiger partial charge on any atom is -0.459 e. The van der Waals surface area contributed by atoms with Crippen molar-refractivity contribution in [2.24, 2.45) is 0 Å². The molecule has 2 saturated heterocycles. The smallest absolute Gasteiger partial charge is 0.408 e. The summed E-state index contributed by atoms with van der Waals surface area (Å²) in [7, 11) is 0. The van der Waals surface area contributed by atoms with E-state index in [-0.39, 0.29) is 6.61 Å². The van der Waals surface area contributed by atoms with Crippen molar-refractivity contribution in [2.45, 2.75) is 30.6 Å². The number of amides is 1. The third kappa shape index (κ3) is 2.76. The van der Waals surface area contributed by atoms with E-state index in [1.807, 2.05) is 0 Å². The molecule has 1 aromatic carbocycles. The van der Waals surface area contributed by atoms with E-state index in [1.165, 1.54) is 0 Å². The lowest BCUT2D eigenvalue weighted by atomic mass is 9.98. The quantitative estimate of drug-likeness (QED) is 0.639. The first-order valence-corrected chi connectivity index (χ1v) is 6.77. The van der Waals surface area contributed by atoms with Crippen LogP contribution in [0.1, 0.15) is 10.4 Å². The Balaban J connectivity index is 1.61. The summed E-state index contributed by atoms with van der Waals surface area (Å²) in [6, 6.07) is 7.50. The molecular weight excluding hydrogens is 294 g/mol. The van der Waals surface area contributed by atoms with Gasteiger partial charge in [-0.15, -0.1) is 0 Å². The number of carbonyl (C=O) groups is 2. The van der Waals surface area contributed by atoms with Gasteiger partial charge in [0.05, 0.1) is 5.56 Å². The highest BCUT2D eigenvalue weighted by atomic mass is 16.7. The number of esters is 1. The first-order valence-electron chi connectivity index (χ1n) is 6.77. The molecule has 3 N–H and O–H groups in total. The summed E-state index contributed by atoms with van der Waals surface area (Å²) in [6.45, 7) is -0.271. The number of hydrogen-bond donors (Lipinski definition) is 3. The highest BCUT2D eigenvalue weighted by Gasteiger charge is 2.51. The van der Waals surface area contributed by atoms with Crippen LogP contribution in [0.2, 0.25) is 0 Å². The molecule has 0 radical (unpaired) electrons. The fourth-order valence-corrected chi connectivity index (χ4v) is 2.47. The van der Waals surface area contributed by atoms with Crippen LogP contribution in [0.25, 0.3) is 0 Å². The molecule has 22 heavy (non-hydrogen) atoms. The van der Waals surface area contributed by atoms with Crippen LogP contribution in [0.3, 0.4) is 0 Å². The van der Waals surface area contributed by atoms with Gasteiger partial charge in [0.25, 0.3) is 0 Å². The number of aliphatic hydroxyl groups excluding tert-OH is 2. The van der Waals surface area contributed by atoms with Crippen molar-refractivity contribution in [2.75, 3.05) is 6.61 Å². The molecule has 2 aliphatic rings. The van der Waals surface area contributed by atoms with Crippen LogP contribution < -0.4 is 5.32 Å². The van der Waals surface area contributed by atoms with Gasteiger partial charge in [-0.2, -0.15) is 0 Å². The Morgan fingerprint density at radius 1 is 1.27 bits per heavy atom. The first-order chi connectivity index (χ1) is 10.6. The molecule has 0 spiro atoms. The van der Waals surface area contributed by atoms with E-state index in [0.29, 0.717) is 5.56 Å². The minimum absolute atomic E-state index is 0.271. The van der Waals surface area contributed by atoms with E-state index in [9.17, 15) is 19.8 Å². The zero-order valence-electron chi connectivity index (χ0n) is 11.4. The van der Waals surface area contributed by atoms with Crippen LogP contribution in [-0.4, -0.2) is 59.5 Å². The number of aliphatic hydroxyl groups is 2. The molecule has 118 valence electrons. The fourth-order valence-electron chi connectivity index (χ4n) is 2.47.